The topological polar surface area (TPSA) is 83.6 Å². The molecular weight excluding hydrogens is 344 g/mol. The van der Waals surface area contributed by atoms with E-state index in [2.05, 4.69) is 15.6 Å². The maximum atomic E-state index is 13.1. The summed E-state index contributed by atoms with van der Waals surface area (Å²) in [6, 6.07) is 12.1. The van der Waals surface area contributed by atoms with Crippen molar-refractivity contribution >= 4 is 11.8 Å². The molecule has 7 nitrogen and oxygen atoms in total. The normalized spacial score (nSPS) is 16.6. The average Bonchev–Trinajstić information content (AvgIpc) is 2.73. The highest BCUT2D eigenvalue weighted by atomic mass is 16.5. The molecule has 1 aromatic heterocycles. The third-order valence-corrected chi connectivity index (χ3v) is 4.39. The summed E-state index contributed by atoms with van der Waals surface area (Å²) in [5.74, 6) is 0.143. The summed E-state index contributed by atoms with van der Waals surface area (Å²) >= 11 is 0. The van der Waals surface area contributed by atoms with Crippen molar-refractivity contribution < 1.29 is 14.3 Å². The van der Waals surface area contributed by atoms with E-state index in [4.69, 9.17) is 4.74 Å². The van der Waals surface area contributed by atoms with Crippen molar-refractivity contribution in [1.82, 2.24) is 20.5 Å². The number of piperazine rings is 1. The largest absolute Gasteiger partial charge is 0.493 e. The van der Waals surface area contributed by atoms with Crippen LogP contribution in [0.2, 0.25) is 0 Å². The third-order valence-electron chi connectivity index (χ3n) is 4.39. The van der Waals surface area contributed by atoms with Gasteiger partial charge in [0.05, 0.1) is 24.4 Å². The number of hydrogen-bond acceptors (Lipinski definition) is 5. The van der Waals surface area contributed by atoms with Gasteiger partial charge in [0.25, 0.3) is 5.91 Å². The van der Waals surface area contributed by atoms with Crippen molar-refractivity contribution in [3.05, 3.63) is 59.9 Å². The first-order chi connectivity index (χ1) is 13.2. The molecule has 7 heteroatoms. The van der Waals surface area contributed by atoms with Crippen molar-refractivity contribution in [2.45, 2.75) is 19.5 Å². The summed E-state index contributed by atoms with van der Waals surface area (Å²) in [6.45, 7) is 4.19. The van der Waals surface area contributed by atoms with Gasteiger partial charge in [-0.2, -0.15) is 0 Å². The molecule has 2 N–H and O–H groups in total. The van der Waals surface area contributed by atoms with E-state index in [-0.39, 0.29) is 11.8 Å². The number of aromatic nitrogens is 1. The predicted molar refractivity (Wildman–Crippen MR) is 101 cm³/mol. The lowest BCUT2D eigenvalue weighted by molar-refractivity contribution is -0.126. The van der Waals surface area contributed by atoms with Crippen LogP contribution in [0, 0.1) is 0 Å². The van der Waals surface area contributed by atoms with Gasteiger partial charge in [0, 0.05) is 25.8 Å². The van der Waals surface area contributed by atoms with Gasteiger partial charge in [0.15, 0.2) is 0 Å². The van der Waals surface area contributed by atoms with E-state index in [0.29, 0.717) is 44.1 Å². The van der Waals surface area contributed by atoms with Crippen LogP contribution in [-0.2, 0) is 11.3 Å². The minimum absolute atomic E-state index is 0.196. The van der Waals surface area contributed by atoms with E-state index in [1.165, 1.54) is 0 Å². The predicted octanol–water partition coefficient (Wildman–Crippen LogP) is 1.21. The maximum absolute atomic E-state index is 13.1. The molecule has 2 aromatic rings. The monoisotopic (exact) mass is 368 g/mol. The molecule has 1 atom stereocenters. The number of amides is 2. The van der Waals surface area contributed by atoms with Crippen LogP contribution in [0.5, 0.6) is 5.75 Å². The molecule has 1 fully saturated rings. The second-order valence-electron chi connectivity index (χ2n) is 6.19. The lowest BCUT2D eigenvalue weighted by Crippen LogP contribution is -2.59. The Morgan fingerprint density at radius 2 is 2.07 bits per heavy atom. The Hall–Kier alpha value is -2.93. The van der Waals surface area contributed by atoms with Crippen LogP contribution in [0.1, 0.15) is 23.0 Å². The number of carbonyl (C=O) groups excluding carboxylic acids is 2. The summed E-state index contributed by atoms with van der Waals surface area (Å²) in [4.78, 5) is 31.6. The highest BCUT2D eigenvalue weighted by molar-refractivity contribution is 5.99. The first-order valence-electron chi connectivity index (χ1n) is 9.12. The maximum Gasteiger partial charge on any atom is 0.258 e. The van der Waals surface area contributed by atoms with Crippen LogP contribution < -0.4 is 15.4 Å². The van der Waals surface area contributed by atoms with Gasteiger partial charge < -0.3 is 20.3 Å². The second kappa shape index (κ2) is 9.14. The number of rotatable bonds is 6. The number of nitrogens with zero attached hydrogens (tertiary/aromatic N) is 2. The van der Waals surface area contributed by atoms with Gasteiger partial charge in [-0.1, -0.05) is 18.2 Å². The quantitative estimate of drug-likeness (QED) is 0.801. The number of benzene rings is 1. The Bertz CT molecular complexity index is 782. The van der Waals surface area contributed by atoms with Gasteiger partial charge in [-0.15, -0.1) is 0 Å². The molecule has 0 radical (unpaired) electrons. The molecule has 1 aliphatic heterocycles. The number of pyridine rings is 1. The molecule has 27 heavy (non-hydrogen) atoms. The average molecular weight is 368 g/mol. The molecule has 0 saturated carbocycles. The van der Waals surface area contributed by atoms with Crippen LogP contribution >= 0.6 is 0 Å². The number of carbonyl (C=O) groups is 2. The van der Waals surface area contributed by atoms with Crippen LogP contribution in [0.4, 0.5) is 0 Å². The summed E-state index contributed by atoms with van der Waals surface area (Å²) < 4.78 is 5.58. The van der Waals surface area contributed by atoms with Gasteiger partial charge in [-0.3, -0.25) is 14.6 Å². The van der Waals surface area contributed by atoms with Gasteiger partial charge in [0.2, 0.25) is 5.91 Å². The highest BCUT2D eigenvalue weighted by Gasteiger charge is 2.33. The molecule has 0 bridgehead atoms. The van der Waals surface area contributed by atoms with E-state index < -0.39 is 6.04 Å². The van der Waals surface area contributed by atoms with E-state index >= 15 is 0 Å². The molecular formula is C20H24N4O3. The first-order valence-corrected chi connectivity index (χ1v) is 9.12. The zero-order chi connectivity index (χ0) is 19.1. The fraction of sp³-hybridized carbons (Fsp3) is 0.350. The number of para-hydroxylation sites is 1. The number of nitrogens with one attached hydrogen (secondary N) is 2. The van der Waals surface area contributed by atoms with Crippen LogP contribution in [0.3, 0.4) is 0 Å². The van der Waals surface area contributed by atoms with Crippen molar-refractivity contribution in [2.75, 3.05) is 26.2 Å². The van der Waals surface area contributed by atoms with Crippen molar-refractivity contribution in [1.29, 1.82) is 0 Å². The molecule has 2 heterocycles. The van der Waals surface area contributed by atoms with Crippen LogP contribution in [-0.4, -0.2) is 54.0 Å². The molecule has 1 aromatic carbocycles. The van der Waals surface area contributed by atoms with Crippen molar-refractivity contribution in [3.63, 3.8) is 0 Å². The fourth-order valence-electron chi connectivity index (χ4n) is 3.06. The Labute approximate surface area is 158 Å². The molecule has 1 aliphatic rings. The molecule has 3 rings (SSSR count). The summed E-state index contributed by atoms with van der Waals surface area (Å²) in [6.07, 6.45) is 1.68. The van der Waals surface area contributed by atoms with E-state index in [9.17, 15) is 9.59 Å². The molecule has 142 valence electrons. The Kier molecular flexibility index (Phi) is 6.38. The summed E-state index contributed by atoms with van der Waals surface area (Å²) in [5.41, 5.74) is 1.25. The standard InChI is InChI=1S/C20H24N4O3/c1-2-27-18-9-4-3-8-16(18)20(26)24-12-11-21-14-17(24)19(25)23-13-15-7-5-6-10-22-15/h3-10,17,21H,2,11-14H2,1H3,(H,23,25). The Morgan fingerprint density at radius 1 is 1.26 bits per heavy atom. The zero-order valence-corrected chi connectivity index (χ0v) is 15.4. The second-order valence-corrected chi connectivity index (χ2v) is 6.19. The zero-order valence-electron chi connectivity index (χ0n) is 15.4. The first kappa shape index (κ1) is 18.8. The molecule has 1 saturated heterocycles. The minimum Gasteiger partial charge on any atom is -0.493 e. The summed E-state index contributed by atoms with van der Waals surface area (Å²) in [5, 5.41) is 6.07. The van der Waals surface area contributed by atoms with E-state index in [0.717, 1.165) is 5.69 Å². The van der Waals surface area contributed by atoms with E-state index in [1.807, 2.05) is 31.2 Å². The molecule has 2 amide bonds. The lowest BCUT2D eigenvalue weighted by atomic mass is 10.1. The van der Waals surface area contributed by atoms with Crippen molar-refractivity contribution in [3.8, 4) is 5.75 Å². The fourth-order valence-corrected chi connectivity index (χ4v) is 3.06. The van der Waals surface area contributed by atoms with Crippen LogP contribution in [0.25, 0.3) is 0 Å². The van der Waals surface area contributed by atoms with Crippen molar-refractivity contribution in [2.24, 2.45) is 0 Å². The molecule has 1 unspecified atom stereocenters. The number of hydrogen-bond donors (Lipinski definition) is 2. The Morgan fingerprint density at radius 3 is 2.85 bits per heavy atom. The van der Waals surface area contributed by atoms with Gasteiger partial charge in [-0.25, -0.2) is 0 Å². The molecule has 0 aliphatic carbocycles. The number of ether oxygens (including phenoxy) is 1. The lowest BCUT2D eigenvalue weighted by Gasteiger charge is -2.35. The SMILES string of the molecule is CCOc1ccccc1C(=O)N1CCNCC1C(=O)NCc1ccccn1. The van der Waals surface area contributed by atoms with Gasteiger partial charge >= 0.3 is 0 Å². The van der Waals surface area contributed by atoms with Gasteiger partial charge in [0.1, 0.15) is 11.8 Å². The van der Waals surface area contributed by atoms with E-state index in [1.54, 1.807) is 29.3 Å². The third kappa shape index (κ3) is 4.62. The van der Waals surface area contributed by atoms with Crippen LogP contribution in [0.15, 0.2) is 48.7 Å². The summed E-state index contributed by atoms with van der Waals surface area (Å²) in [7, 11) is 0. The smallest absolute Gasteiger partial charge is 0.258 e. The Balaban J connectivity index is 1.73. The minimum atomic E-state index is -0.579. The van der Waals surface area contributed by atoms with Gasteiger partial charge in [-0.05, 0) is 31.2 Å². The molecule has 0 spiro atoms. The highest BCUT2D eigenvalue weighted by Crippen LogP contribution is 2.21.